The summed E-state index contributed by atoms with van der Waals surface area (Å²) in [5, 5.41) is 6.45. The summed E-state index contributed by atoms with van der Waals surface area (Å²) in [5.74, 6) is 0. The van der Waals surface area contributed by atoms with Crippen LogP contribution in [-0.4, -0.2) is 42.0 Å². The molecule has 2 unspecified atom stereocenters. The van der Waals surface area contributed by atoms with Crippen molar-refractivity contribution in [2.45, 2.75) is 64.1 Å². The van der Waals surface area contributed by atoms with Crippen LogP contribution in [0.4, 0.5) is 0 Å². The van der Waals surface area contributed by atoms with Gasteiger partial charge in [0.15, 0.2) is 10.7 Å². The second-order valence-electron chi connectivity index (χ2n) is 5.53. The fourth-order valence-corrected chi connectivity index (χ4v) is 8.45. The number of phosphoric acid groups is 1. The highest BCUT2D eigenvalue weighted by atomic mass is 31.3. The Balaban J connectivity index is 6.25. The minimum Gasteiger partial charge on any atom is -0.377 e. The van der Waals surface area contributed by atoms with Gasteiger partial charge in [0.25, 0.3) is 0 Å². The van der Waals surface area contributed by atoms with Gasteiger partial charge < -0.3 is 14.5 Å². The van der Waals surface area contributed by atoms with Crippen molar-refractivity contribution < 1.29 is 46.1 Å². The van der Waals surface area contributed by atoms with E-state index in [2.05, 4.69) is 9.05 Å². The third-order valence-corrected chi connectivity index (χ3v) is 11.6. The topological polar surface area (TPSA) is 138 Å². The summed E-state index contributed by atoms with van der Waals surface area (Å²) in [6.07, 6.45) is -0.354. The second kappa shape index (κ2) is 9.75. The maximum atomic E-state index is 13.4. The summed E-state index contributed by atoms with van der Waals surface area (Å²) in [4.78, 5) is 10.4. The minimum absolute atomic E-state index is 0.0758. The molecule has 0 heterocycles. The summed E-state index contributed by atoms with van der Waals surface area (Å²) in [6.45, 7) is 6.09. The van der Waals surface area contributed by atoms with E-state index in [9.17, 15) is 23.7 Å². The Morgan fingerprint density at radius 1 is 0.808 bits per heavy atom. The molecule has 26 heavy (non-hydrogen) atoms. The molecule has 2 atom stereocenters. The highest BCUT2D eigenvalue weighted by Gasteiger charge is 2.59. The standard InChI is InChI=1S/C13H31O10P3/c1-8-12(14,9-2)24(15,16)22-13(10-3,11-4)25(17,19-5)23-26(18,20-6)21-7/h14H,8-11H2,1-7H3,(H,15,16). The van der Waals surface area contributed by atoms with Crippen molar-refractivity contribution in [2.24, 2.45) is 0 Å². The van der Waals surface area contributed by atoms with E-state index in [1.54, 1.807) is 0 Å². The largest absolute Gasteiger partial charge is 0.481 e. The molecule has 0 rings (SSSR count). The van der Waals surface area contributed by atoms with Gasteiger partial charge in [0.05, 0.1) is 0 Å². The predicted molar refractivity (Wildman–Crippen MR) is 97.1 cm³/mol. The molecule has 10 nitrogen and oxygen atoms in total. The molecule has 0 amide bonds. The molecule has 0 radical (unpaired) electrons. The fraction of sp³-hybridized carbons (Fsp3) is 1.00. The first kappa shape index (κ1) is 26.4. The minimum atomic E-state index is -4.71. The van der Waals surface area contributed by atoms with E-state index < -0.39 is 33.7 Å². The van der Waals surface area contributed by atoms with Gasteiger partial charge in [-0.15, -0.1) is 0 Å². The molecule has 158 valence electrons. The van der Waals surface area contributed by atoms with Crippen molar-refractivity contribution in [2.75, 3.05) is 21.3 Å². The first-order valence-electron chi connectivity index (χ1n) is 8.19. The van der Waals surface area contributed by atoms with Crippen molar-refractivity contribution >= 4 is 23.0 Å². The smallest absolute Gasteiger partial charge is 0.377 e. The van der Waals surface area contributed by atoms with Crippen LogP contribution in [0.2, 0.25) is 0 Å². The highest BCUT2D eigenvalue weighted by Crippen LogP contribution is 2.76. The molecule has 0 aliphatic carbocycles. The van der Waals surface area contributed by atoms with Crippen LogP contribution in [-0.2, 0) is 36.1 Å². The zero-order chi connectivity index (χ0) is 20.9. The zero-order valence-electron chi connectivity index (χ0n) is 16.3. The number of hydrogen-bond donors (Lipinski definition) is 2. The fourth-order valence-electron chi connectivity index (χ4n) is 2.33. The average molecular weight is 440 g/mol. The zero-order valence-corrected chi connectivity index (χ0v) is 19.0. The maximum absolute atomic E-state index is 13.4. The van der Waals surface area contributed by atoms with E-state index in [-0.39, 0.29) is 25.7 Å². The normalized spacial score (nSPS) is 18.3. The number of rotatable bonds is 13. The van der Waals surface area contributed by atoms with Crippen LogP contribution in [0.3, 0.4) is 0 Å². The molecule has 0 aromatic heterocycles. The molecule has 13 heteroatoms. The molecule has 0 fully saturated rings. The summed E-state index contributed by atoms with van der Waals surface area (Å²) in [6, 6.07) is 0. The SMILES string of the molecule is CCC(O)(CC)P(=O)(O)OC(CC)(CC)P(=O)(OC)OP(=O)(OC)OC. The summed E-state index contributed by atoms with van der Waals surface area (Å²) < 4.78 is 63.2. The van der Waals surface area contributed by atoms with Gasteiger partial charge in [-0.3, -0.25) is 22.7 Å². The third kappa shape index (κ3) is 5.06. The van der Waals surface area contributed by atoms with Crippen molar-refractivity contribution in [3.63, 3.8) is 0 Å². The van der Waals surface area contributed by atoms with Gasteiger partial charge in [-0.05, 0) is 25.7 Å². The molecule has 2 N–H and O–H groups in total. The summed E-state index contributed by atoms with van der Waals surface area (Å²) in [5.41, 5.74) is 0. The lowest BCUT2D eigenvalue weighted by Crippen LogP contribution is -2.37. The van der Waals surface area contributed by atoms with Crippen molar-refractivity contribution in [3.8, 4) is 0 Å². The van der Waals surface area contributed by atoms with Crippen LogP contribution in [0.25, 0.3) is 0 Å². The van der Waals surface area contributed by atoms with Crippen LogP contribution in [0.15, 0.2) is 0 Å². The van der Waals surface area contributed by atoms with Crippen molar-refractivity contribution in [1.29, 1.82) is 0 Å². The molecule has 0 aromatic carbocycles. The van der Waals surface area contributed by atoms with E-state index in [4.69, 9.17) is 13.4 Å². The van der Waals surface area contributed by atoms with Gasteiger partial charge in [0, 0.05) is 21.3 Å². The molecule has 0 saturated carbocycles. The Labute approximate surface area is 155 Å². The molecule has 0 aliphatic rings. The van der Waals surface area contributed by atoms with Gasteiger partial charge in [-0.1, -0.05) is 27.7 Å². The molecule has 0 bridgehead atoms. The average Bonchev–Trinajstić information content (AvgIpc) is 2.64. The Hall–Kier alpha value is 0.410. The molecule has 0 saturated heterocycles. The number of hydrogen-bond acceptors (Lipinski definition) is 9. The number of phosphoric ester groups is 1. The predicted octanol–water partition coefficient (Wildman–Crippen LogP) is 4.47. The molecule has 0 spiro atoms. The van der Waals surface area contributed by atoms with E-state index in [1.807, 2.05) is 0 Å². The Morgan fingerprint density at radius 3 is 1.50 bits per heavy atom. The maximum Gasteiger partial charge on any atom is 0.481 e. The van der Waals surface area contributed by atoms with Crippen LogP contribution in [0.1, 0.15) is 53.4 Å². The molecule has 0 aliphatic heterocycles. The van der Waals surface area contributed by atoms with Crippen LogP contribution in [0.5, 0.6) is 0 Å². The summed E-state index contributed by atoms with van der Waals surface area (Å²) >= 11 is 0. The molecular formula is C13H31O10P3. The lowest BCUT2D eigenvalue weighted by atomic mass is 10.2. The van der Waals surface area contributed by atoms with Crippen LogP contribution in [0, 0.1) is 0 Å². The molecule has 0 aromatic rings. The van der Waals surface area contributed by atoms with Gasteiger partial charge >= 0.3 is 23.0 Å². The quantitative estimate of drug-likeness (QED) is 0.395. The monoisotopic (exact) mass is 440 g/mol. The first-order valence-corrected chi connectivity index (χ1v) is 12.8. The van der Waals surface area contributed by atoms with E-state index in [0.717, 1.165) is 21.3 Å². The van der Waals surface area contributed by atoms with Crippen LogP contribution < -0.4 is 0 Å². The van der Waals surface area contributed by atoms with Crippen LogP contribution >= 0.6 is 23.0 Å². The second-order valence-corrected chi connectivity index (χ2v) is 12.0. The van der Waals surface area contributed by atoms with Gasteiger partial charge in [0.2, 0.25) is 0 Å². The third-order valence-electron chi connectivity index (χ3n) is 4.45. The highest BCUT2D eigenvalue weighted by molar-refractivity contribution is 7.66. The lowest BCUT2D eigenvalue weighted by Gasteiger charge is -2.41. The number of aliphatic hydroxyl groups is 1. The van der Waals surface area contributed by atoms with E-state index in [1.165, 1.54) is 27.7 Å². The summed E-state index contributed by atoms with van der Waals surface area (Å²) in [7, 11) is -10.4. The van der Waals surface area contributed by atoms with Crippen molar-refractivity contribution in [1.82, 2.24) is 0 Å². The lowest BCUT2D eigenvalue weighted by molar-refractivity contribution is 0.0298. The first-order chi connectivity index (χ1) is 11.8. The molecular weight excluding hydrogens is 409 g/mol. The van der Waals surface area contributed by atoms with Gasteiger partial charge in [0.1, 0.15) is 0 Å². The van der Waals surface area contributed by atoms with Crippen molar-refractivity contribution in [3.05, 3.63) is 0 Å². The van der Waals surface area contributed by atoms with Gasteiger partial charge in [-0.2, -0.15) is 0 Å². The Bertz CT molecular complexity index is 577. The van der Waals surface area contributed by atoms with E-state index in [0.29, 0.717) is 0 Å². The van der Waals surface area contributed by atoms with E-state index >= 15 is 0 Å². The van der Waals surface area contributed by atoms with Gasteiger partial charge in [-0.25, -0.2) is 8.88 Å². The Morgan fingerprint density at radius 2 is 1.23 bits per heavy atom. The Kier molecular flexibility index (Phi) is 9.90.